The van der Waals surface area contributed by atoms with Crippen molar-refractivity contribution in [1.29, 1.82) is 0 Å². The molecule has 1 aromatic carbocycles. The van der Waals surface area contributed by atoms with Crippen molar-refractivity contribution in [3.63, 3.8) is 0 Å². The number of hydrogen-bond acceptors (Lipinski definition) is 5. The smallest absolute Gasteiger partial charge is 0.191 e. The van der Waals surface area contributed by atoms with E-state index in [1.165, 1.54) is 22.4 Å². The summed E-state index contributed by atoms with van der Waals surface area (Å²) < 4.78 is 7.89. The van der Waals surface area contributed by atoms with Crippen LogP contribution in [0.3, 0.4) is 0 Å². The first-order valence-corrected chi connectivity index (χ1v) is 11.6. The quantitative estimate of drug-likeness (QED) is 0.578. The fraction of sp³-hybridized carbons (Fsp3) is 0.409. The second-order valence-corrected chi connectivity index (χ2v) is 8.96. The highest BCUT2D eigenvalue weighted by Gasteiger charge is 2.14. The molecule has 0 amide bonds. The Morgan fingerprint density at radius 1 is 1.00 bits per heavy atom. The van der Waals surface area contributed by atoms with Crippen LogP contribution < -0.4 is 4.80 Å². The molecule has 148 valence electrons. The zero-order chi connectivity index (χ0) is 19.3. The van der Waals surface area contributed by atoms with Crippen LogP contribution >= 0.6 is 22.7 Å². The van der Waals surface area contributed by atoms with Gasteiger partial charge in [0.15, 0.2) is 4.80 Å². The van der Waals surface area contributed by atoms with E-state index < -0.39 is 0 Å². The highest BCUT2D eigenvalue weighted by atomic mass is 32.1. The highest BCUT2D eigenvalue weighted by molar-refractivity contribution is 7.14. The number of nitrogens with zero attached hydrogens (tertiary/aromatic N) is 3. The molecule has 1 aliphatic heterocycles. The van der Waals surface area contributed by atoms with Gasteiger partial charge in [0, 0.05) is 37.1 Å². The Morgan fingerprint density at radius 2 is 1.79 bits per heavy atom. The molecule has 4 rings (SSSR count). The van der Waals surface area contributed by atoms with Crippen molar-refractivity contribution in [2.45, 2.75) is 26.8 Å². The van der Waals surface area contributed by atoms with Crippen molar-refractivity contribution in [2.24, 2.45) is 4.99 Å². The van der Waals surface area contributed by atoms with E-state index in [0.717, 1.165) is 55.6 Å². The molecule has 3 heterocycles. The predicted octanol–water partition coefficient (Wildman–Crippen LogP) is 4.85. The van der Waals surface area contributed by atoms with Crippen molar-refractivity contribution in [1.82, 2.24) is 9.47 Å². The molecule has 28 heavy (non-hydrogen) atoms. The summed E-state index contributed by atoms with van der Waals surface area (Å²) in [6.45, 7) is 10.3. The maximum atomic E-state index is 5.47. The number of morpholine rings is 1. The van der Waals surface area contributed by atoms with Crippen LogP contribution in [0.4, 0.5) is 5.00 Å². The van der Waals surface area contributed by atoms with E-state index in [4.69, 9.17) is 9.73 Å². The minimum atomic E-state index is 0.859. The van der Waals surface area contributed by atoms with Crippen LogP contribution in [0.1, 0.15) is 17.5 Å². The molecule has 0 aliphatic carbocycles. The lowest BCUT2D eigenvalue weighted by Gasteiger charge is -2.26. The lowest BCUT2D eigenvalue weighted by Crippen LogP contribution is -2.37. The Morgan fingerprint density at radius 3 is 2.50 bits per heavy atom. The summed E-state index contributed by atoms with van der Waals surface area (Å²) >= 11 is 3.43. The number of aromatic nitrogens is 1. The number of rotatable bonds is 6. The summed E-state index contributed by atoms with van der Waals surface area (Å²) in [6, 6.07) is 10.7. The maximum Gasteiger partial charge on any atom is 0.191 e. The molecule has 1 saturated heterocycles. The van der Waals surface area contributed by atoms with E-state index in [-0.39, 0.29) is 0 Å². The molecule has 0 N–H and O–H groups in total. The minimum Gasteiger partial charge on any atom is -0.379 e. The third kappa shape index (κ3) is 4.46. The van der Waals surface area contributed by atoms with Gasteiger partial charge in [-0.1, -0.05) is 18.2 Å². The first-order valence-electron chi connectivity index (χ1n) is 9.85. The molecule has 0 saturated carbocycles. The largest absolute Gasteiger partial charge is 0.379 e. The Labute approximate surface area is 174 Å². The molecule has 0 unspecified atom stereocenters. The minimum absolute atomic E-state index is 0.859. The molecule has 1 aliphatic rings. The van der Waals surface area contributed by atoms with Gasteiger partial charge in [0.05, 0.1) is 18.9 Å². The number of benzene rings is 1. The van der Waals surface area contributed by atoms with E-state index in [1.807, 2.05) is 0 Å². The lowest BCUT2D eigenvalue weighted by molar-refractivity contribution is 0.0369. The number of thiophene rings is 1. The Bertz CT molecular complexity index is 946. The van der Waals surface area contributed by atoms with Crippen LogP contribution in [-0.2, 0) is 11.3 Å². The van der Waals surface area contributed by atoms with Gasteiger partial charge in [-0.05, 0) is 48.9 Å². The van der Waals surface area contributed by atoms with E-state index in [9.17, 15) is 0 Å². The molecule has 6 heteroatoms. The molecule has 0 bridgehead atoms. The number of ether oxygens (including phenoxy) is 1. The van der Waals surface area contributed by atoms with Crippen LogP contribution in [0.25, 0.3) is 11.3 Å². The highest BCUT2D eigenvalue weighted by Crippen LogP contribution is 2.28. The van der Waals surface area contributed by atoms with Crippen molar-refractivity contribution in [3.8, 4) is 11.3 Å². The van der Waals surface area contributed by atoms with E-state index in [0.29, 0.717) is 0 Å². The lowest BCUT2D eigenvalue weighted by atomic mass is 10.0. The van der Waals surface area contributed by atoms with Gasteiger partial charge in [-0.25, -0.2) is 4.99 Å². The van der Waals surface area contributed by atoms with Crippen molar-refractivity contribution in [2.75, 3.05) is 32.8 Å². The maximum absolute atomic E-state index is 5.47. The second-order valence-electron chi connectivity index (χ2n) is 7.19. The van der Waals surface area contributed by atoms with Gasteiger partial charge in [-0.3, -0.25) is 4.90 Å². The summed E-state index contributed by atoms with van der Waals surface area (Å²) in [6.07, 6.45) is 1.12. The first kappa shape index (κ1) is 19.6. The monoisotopic (exact) mass is 413 g/mol. The third-order valence-electron chi connectivity index (χ3n) is 5.21. The van der Waals surface area contributed by atoms with E-state index in [1.54, 1.807) is 22.7 Å². The zero-order valence-corrected chi connectivity index (χ0v) is 18.2. The van der Waals surface area contributed by atoms with Gasteiger partial charge in [0.25, 0.3) is 0 Å². The summed E-state index contributed by atoms with van der Waals surface area (Å²) in [5.41, 5.74) is 5.28. The van der Waals surface area contributed by atoms with Gasteiger partial charge < -0.3 is 9.30 Å². The first-order chi connectivity index (χ1) is 13.7. The fourth-order valence-electron chi connectivity index (χ4n) is 3.76. The average molecular weight is 414 g/mol. The molecule has 1 fully saturated rings. The molecule has 2 aromatic heterocycles. The van der Waals surface area contributed by atoms with Crippen LogP contribution in [0.15, 0.2) is 46.1 Å². The van der Waals surface area contributed by atoms with Gasteiger partial charge >= 0.3 is 0 Å². The fourth-order valence-corrected chi connectivity index (χ4v) is 5.34. The third-order valence-corrected chi connectivity index (χ3v) is 6.83. The van der Waals surface area contributed by atoms with Crippen LogP contribution in [0, 0.1) is 13.8 Å². The van der Waals surface area contributed by atoms with E-state index in [2.05, 4.69) is 64.4 Å². The van der Waals surface area contributed by atoms with Crippen LogP contribution in [0.5, 0.6) is 0 Å². The summed E-state index contributed by atoms with van der Waals surface area (Å²) in [4.78, 5) is 8.53. The van der Waals surface area contributed by atoms with E-state index >= 15 is 0 Å². The molecule has 0 radical (unpaired) electrons. The molecule has 4 nitrogen and oxygen atoms in total. The molecular weight excluding hydrogens is 386 g/mol. The molecule has 0 spiro atoms. The molecule has 0 atom stereocenters. The number of hydrogen-bond donors (Lipinski definition) is 0. The molecule has 3 aromatic rings. The summed E-state index contributed by atoms with van der Waals surface area (Å²) in [7, 11) is 0. The van der Waals surface area contributed by atoms with Gasteiger partial charge in [-0.15, -0.1) is 22.7 Å². The molecular formula is C22H27N3OS2. The Kier molecular flexibility index (Phi) is 6.42. The van der Waals surface area contributed by atoms with Crippen LogP contribution in [-0.4, -0.2) is 42.3 Å². The predicted molar refractivity (Wildman–Crippen MR) is 119 cm³/mol. The number of aryl methyl sites for hydroxylation is 2. The van der Waals surface area contributed by atoms with Gasteiger partial charge in [0.2, 0.25) is 0 Å². The average Bonchev–Trinajstić information content (AvgIpc) is 3.34. The van der Waals surface area contributed by atoms with Crippen molar-refractivity contribution >= 4 is 27.7 Å². The summed E-state index contributed by atoms with van der Waals surface area (Å²) in [5.74, 6) is 0. The zero-order valence-electron chi connectivity index (χ0n) is 16.6. The second kappa shape index (κ2) is 9.18. The van der Waals surface area contributed by atoms with Gasteiger partial charge in [-0.2, -0.15) is 0 Å². The number of thiazole rings is 1. The van der Waals surface area contributed by atoms with Gasteiger partial charge in [0.1, 0.15) is 5.00 Å². The van der Waals surface area contributed by atoms with Crippen molar-refractivity contribution in [3.05, 3.63) is 57.0 Å². The topological polar surface area (TPSA) is 29.8 Å². The van der Waals surface area contributed by atoms with Crippen LogP contribution in [0.2, 0.25) is 0 Å². The standard InChI is InChI=1S/C22H27N3OS2/c1-17-6-3-7-18(2)21(17)19-16-28-22(23-20-8-4-15-27-20)25(19)10-5-9-24-11-13-26-14-12-24/h3-4,6-8,15-16H,5,9-14H2,1-2H3/b23-22-. The van der Waals surface area contributed by atoms with Crippen molar-refractivity contribution < 1.29 is 4.74 Å². The Balaban J connectivity index is 1.65. The SMILES string of the molecule is Cc1cccc(C)c1-c1cs/c(=N\c2cccs2)n1CCCN1CCOCC1. The summed E-state index contributed by atoms with van der Waals surface area (Å²) in [5, 5.41) is 5.43. The normalized spacial score (nSPS) is 16.0. The Hall–Kier alpha value is -1.73.